The third kappa shape index (κ3) is 2.61. The number of anilines is 1. The van der Waals surface area contributed by atoms with Gasteiger partial charge >= 0.3 is 0 Å². The topological polar surface area (TPSA) is 20.3 Å². The van der Waals surface area contributed by atoms with E-state index in [1.807, 2.05) is 19.1 Å². The molecule has 2 rings (SSSR count). The van der Waals surface area contributed by atoms with Gasteiger partial charge in [0.1, 0.15) is 5.78 Å². The molecule has 2 nitrogen and oxygen atoms in total. The first-order chi connectivity index (χ1) is 8.00. The maximum atomic E-state index is 11.5. The zero-order valence-corrected chi connectivity index (χ0v) is 12.4. The molecule has 92 valence electrons. The van der Waals surface area contributed by atoms with Gasteiger partial charge in [-0.1, -0.05) is 30.1 Å². The van der Waals surface area contributed by atoms with Crippen LogP contribution >= 0.6 is 39.1 Å². The molecule has 1 heterocycles. The Morgan fingerprint density at radius 1 is 1.35 bits per heavy atom. The third-order valence-electron chi connectivity index (χ3n) is 3.03. The standard InChI is InChI=1S/C12H12BrCl2NO/c1-7-6-16(5-4-10(7)17)9-3-2-8(13)11(14)12(9)15/h2-3,7H,4-6H2,1H3. The van der Waals surface area contributed by atoms with Crippen molar-refractivity contribution < 1.29 is 4.79 Å². The molecule has 0 spiro atoms. The van der Waals surface area contributed by atoms with E-state index in [4.69, 9.17) is 23.2 Å². The lowest BCUT2D eigenvalue weighted by Gasteiger charge is -2.32. The number of piperidine rings is 1. The molecular weight excluding hydrogens is 325 g/mol. The molecule has 0 saturated carbocycles. The van der Waals surface area contributed by atoms with Gasteiger partial charge in [-0.05, 0) is 28.1 Å². The predicted molar refractivity (Wildman–Crippen MR) is 75.2 cm³/mol. The number of carbonyl (C=O) groups excluding carboxylic acids is 1. The summed E-state index contributed by atoms with van der Waals surface area (Å²) in [6, 6.07) is 3.81. The maximum Gasteiger partial charge on any atom is 0.139 e. The van der Waals surface area contributed by atoms with Crippen molar-refractivity contribution >= 4 is 50.6 Å². The largest absolute Gasteiger partial charge is 0.369 e. The number of ketones is 1. The normalized spacial score (nSPS) is 20.8. The second-order valence-electron chi connectivity index (χ2n) is 4.26. The Balaban J connectivity index is 2.29. The number of rotatable bonds is 1. The highest BCUT2D eigenvalue weighted by Crippen LogP contribution is 2.38. The molecule has 1 fully saturated rings. The van der Waals surface area contributed by atoms with Crippen molar-refractivity contribution in [2.75, 3.05) is 18.0 Å². The molecule has 1 aliphatic heterocycles. The summed E-state index contributed by atoms with van der Waals surface area (Å²) >= 11 is 15.7. The van der Waals surface area contributed by atoms with Crippen LogP contribution < -0.4 is 4.90 Å². The molecule has 0 N–H and O–H groups in total. The highest BCUT2D eigenvalue weighted by atomic mass is 79.9. The van der Waals surface area contributed by atoms with Crippen LogP contribution in [0.15, 0.2) is 16.6 Å². The Kier molecular flexibility index (Phi) is 4.01. The average molecular weight is 337 g/mol. The minimum Gasteiger partial charge on any atom is -0.369 e. The van der Waals surface area contributed by atoms with Crippen molar-refractivity contribution in [2.45, 2.75) is 13.3 Å². The van der Waals surface area contributed by atoms with Crippen LogP contribution in [-0.4, -0.2) is 18.9 Å². The smallest absolute Gasteiger partial charge is 0.139 e. The molecule has 0 aliphatic carbocycles. The van der Waals surface area contributed by atoms with Crippen molar-refractivity contribution in [3.05, 3.63) is 26.7 Å². The van der Waals surface area contributed by atoms with Gasteiger partial charge < -0.3 is 4.90 Å². The fraction of sp³-hybridized carbons (Fsp3) is 0.417. The molecule has 0 bridgehead atoms. The van der Waals surface area contributed by atoms with Gasteiger partial charge in [0.05, 0.1) is 15.7 Å². The van der Waals surface area contributed by atoms with Crippen LogP contribution in [0.25, 0.3) is 0 Å². The van der Waals surface area contributed by atoms with Crippen LogP contribution in [0.4, 0.5) is 5.69 Å². The summed E-state index contributed by atoms with van der Waals surface area (Å²) < 4.78 is 0.786. The van der Waals surface area contributed by atoms with E-state index in [0.717, 1.165) is 10.2 Å². The third-order valence-corrected chi connectivity index (χ3v) is 4.79. The van der Waals surface area contributed by atoms with Crippen LogP contribution in [-0.2, 0) is 4.79 Å². The molecular formula is C12H12BrCl2NO. The van der Waals surface area contributed by atoms with E-state index in [2.05, 4.69) is 20.8 Å². The fourth-order valence-electron chi connectivity index (χ4n) is 1.99. The van der Waals surface area contributed by atoms with E-state index in [1.54, 1.807) is 0 Å². The Morgan fingerprint density at radius 2 is 2.06 bits per heavy atom. The highest BCUT2D eigenvalue weighted by Gasteiger charge is 2.25. The van der Waals surface area contributed by atoms with Gasteiger partial charge in [-0.3, -0.25) is 4.79 Å². The molecule has 0 amide bonds. The quantitative estimate of drug-likeness (QED) is 0.717. The maximum absolute atomic E-state index is 11.5. The van der Waals surface area contributed by atoms with Crippen LogP contribution in [0.5, 0.6) is 0 Å². The SMILES string of the molecule is CC1CN(c2ccc(Br)c(Cl)c2Cl)CCC1=O. The average Bonchev–Trinajstić information content (AvgIpc) is 2.30. The lowest BCUT2D eigenvalue weighted by Crippen LogP contribution is -2.39. The number of nitrogens with zero attached hydrogens (tertiary/aromatic N) is 1. The summed E-state index contributed by atoms with van der Waals surface area (Å²) in [6.07, 6.45) is 0.575. The van der Waals surface area contributed by atoms with Gasteiger partial charge in [0.15, 0.2) is 0 Å². The zero-order chi connectivity index (χ0) is 12.6. The molecule has 1 saturated heterocycles. The number of carbonyl (C=O) groups is 1. The van der Waals surface area contributed by atoms with Crippen LogP contribution in [0, 0.1) is 5.92 Å². The Labute approximate surface area is 119 Å². The summed E-state index contributed by atoms with van der Waals surface area (Å²) in [7, 11) is 0. The van der Waals surface area contributed by atoms with Gasteiger partial charge in [0, 0.05) is 29.9 Å². The van der Waals surface area contributed by atoms with E-state index < -0.39 is 0 Å². The van der Waals surface area contributed by atoms with E-state index in [-0.39, 0.29) is 5.92 Å². The van der Waals surface area contributed by atoms with Crippen molar-refractivity contribution in [3.63, 3.8) is 0 Å². The summed E-state index contributed by atoms with van der Waals surface area (Å²) in [5.41, 5.74) is 0.902. The minimum atomic E-state index is 0.0576. The van der Waals surface area contributed by atoms with Crippen molar-refractivity contribution in [2.24, 2.45) is 5.92 Å². The molecule has 1 aliphatic rings. The van der Waals surface area contributed by atoms with Gasteiger partial charge in [0.25, 0.3) is 0 Å². The van der Waals surface area contributed by atoms with Gasteiger partial charge in [-0.15, -0.1) is 0 Å². The second kappa shape index (κ2) is 5.17. The van der Waals surface area contributed by atoms with E-state index >= 15 is 0 Å². The minimum absolute atomic E-state index is 0.0576. The fourth-order valence-corrected chi connectivity index (χ4v) is 2.88. The Morgan fingerprint density at radius 3 is 2.71 bits per heavy atom. The number of benzene rings is 1. The van der Waals surface area contributed by atoms with Gasteiger partial charge in [0.2, 0.25) is 0 Å². The van der Waals surface area contributed by atoms with E-state index in [1.165, 1.54) is 0 Å². The molecule has 5 heteroatoms. The second-order valence-corrected chi connectivity index (χ2v) is 5.87. The predicted octanol–water partition coefficient (Wildman–Crippen LogP) is 4.17. The van der Waals surface area contributed by atoms with Gasteiger partial charge in [-0.2, -0.15) is 0 Å². The first-order valence-corrected chi connectivity index (χ1v) is 6.96. The van der Waals surface area contributed by atoms with Crippen molar-refractivity contribution in [1.29, 1.82) is 0 Å². The number of hydrogen-bond acceptors (Lipinski definition) is 2. The number of halogens is 3. The van der Waals surface area contributed by atoms with Gasteiger partial charge in [-0.25, -0.2) is 0 Å². The Hall–Kier alpha value is -0.250. The number of Topliss-reactive ketones (excluding diaryl/α,β-unsaturated/α-hetero) is 1. The lowest BCUT2D eigenvalue weighted by molar-refractivity contribution is -0.122. The molecule has 0 radical (unpaired) electrons. The van der Waals surface area contributed by atoms with Crippen LogP contribution in [0.1, 0.15) is 13.3 Å². The lowest BCUT2D eigenvalue weighted by atomic mass is 9.98. The van der Waals surface area contributed by atoms with E-state index in [9.17, 15) is 4.79 Å². The molecule has 1 aromatic rings. The first-order valence-electron chi connectivity index (χ1n) is 5.42. The first kappa shape index (κ1) is 13.2. The van der Waals surface area contributed by atoms with Crippen molar-refractivity contribution in [3.8, 4) is 0 Å². The van der Waals surface area contributed by atoms with Crippen LogP contribution in [0.2, 0.25) is 10.0 Å². The molecule has 17 heavy (non-hydrogen) atoms. The van der Waals surface area contributed by atoms with Crippen molar-refractivity contribution in [1.82, 2.24) is 0 Å². The highest BCUT2D eigenvalue weighted by molar-refractivity contribution is 9.10. The molecule has 0 aromatic heterocycles. The zero-order valence-electron chi connectivity index (χ0n) is 9.34. The summed E-state index contributed by atoms with van der Waals surface area (Å²) in [6.45, 7) is 3.36. The summed E-state index contributed by atoms with van der Waals surface area (Å²) in [5.74, 6) is 0.378. The Bertz CT molecular complexity index is 464. The van der Waals surface area contributed by atoms with E-state index in [0.29, 0.717) is 35.3 Å². The number of hydrogen-bond donors (Lipinski definition) is 0. The molecule has 1 atom stereocenters. The van der Waals surface area contributed by atoms with Crippen LogP contribution in [0.3, 0.4) is 0 Å². The summed E-state index contributed by atoms with van der Waals surface area (Å²) in [5, 5.41) is 1.07. The monoisotopic (exact) mass is 335 g/mol. The summed E-state index contributed by atoms with van der Waals surface area (Å²) in [4.78, 5) is 13.6. The molecule has 1 aromatic carbocycles. The molecule has 1 unspecified atom stereocenters.